The Balaban J connectivity index is 1.64. The summed E-state index contributed by atoms with van der Waals surface area (Å²) in [5.41, 5.74) is 4.28. The van der Waals surface area contributed by atoms with Crippen molar-refractivity contribution in [3.63, 3.8) is 0 Å². The molecule has 1 unspecified atom stereocenters. The Hall–Kier alpha value is -0.860. The first-order valence-electron chi connectivity index (χ1n) is 8.25. The van der Waals surface area contributed by atoms with Crippen LogP contribution >= 0.6 is 0 Å². The molecule has 20 heavy (non-hydrogen) atoms. The topological polar surface area (TPSA) is 15.3 Å². The van der Waals surface area contributed by atoms with Crippen molar-refractivity contribution in [2.45, 2.75) is 64.6 Å². The number of aryl methyl sites for hydroxylation is 2. The highest BCUT2D eigenvalue weighted by Gasteiger charge is 2.30. The van der Waals surface area contributed by atoms with E-state index in [1.165, 1.54) is 61.9 Å². The van der Waals surface area contributed by atoms with E-state index in [-0.39, 0.29) is 0 Å². The van der Waals surface area contributed by atoms with E-state index >= 15 is 0 Å². The summed E-state index contributed by atoms with van der Waals surface area (Å²) in [6, 6.07) is 8.55. The van der Waals surface area contributed by atoms with Gasteiger partial charge in [-0.25, -0.2) is 0 Å². The van der Waals surface area contributed by atoms with Crippen LogP contribution in [0.1, 0.15) is 48.8 Å². The predicted octanol–water partition coefficient (Wildman–Crippen LogP) is 3.41. The molecule has 0 amide bonds. The van der Waals surface area contributed by atoms with Crippen LogP contribution in [0.4, 0.5) is 0 Å². The van der Waals surface area contributed by atoms with Gasteiger partial charge < -0.3 is 5.32 Å². The third-order valence-electron chi connectivity index (χ3n) is 4.60. The van der Waals surface area contributed by atoms with Crippen LogP contribution in [0.15, 0.2) is 18.2 Å². The maximum Gasteiger partial charge on any atom is 0.0237 e. The maximum absolute atomic E-state index is 3.70. The molecule has 0 bridgehead atoms. The molecule has 2 aliphatic rings. The van der Waals surface area contributed by atoms with Crippen molar-refractivity contribution in [1.82, 2.24) is 10.2 Å². The summed E-state index contributed by atoms with van der Waals surface area (Å²) in [5, 5.41) is 3.70. The second-order valence-electron chi connectivity index (χ2n) is 6.80. The van der Waals surface area contributed by atoms with Gasteiger partial charge in [-0.05, 0) is 51.6 Å². The number of hydrogen-bond donors (Lipinski definition) is 1. The molecule has 110 valence electrons. The molecule has 1 saturated heterocycles. The van der Waals surface area contributed by atoms with Crippen LogP contribution in [-0.2, 0) is 6.54 Å². The number of hydrogen-bond acceptors (Lipinski definition) is 2. The molecule has 1 N–H and O–H groups in total. The second-order valence-corrected chi connectivity index (χ2v) is 6.80. The van der Waals surface area contributed by atoms with Gasteiger partial charge in [0.05, 0.1) is 0 Å². The zero-order valence-corrected chi connectivity index (χ0v) is 13.0. The lowest BCUT2D eigenvalue weighted by atomic mass is 10.0. The molecule has 1 aromatic carbocycles. The fraction of sp³-hybridized carbons (Fsp3) is 0.667. The fourth-order valence-electron chi connectivity index (χ4n) is 3.54. The largest absolute Gasteiger partial charge is 0.313 e. The summed E-state index contributed by atoms with van der Waals surface area (Å²) >= 11 is 0. The standard InChI is InChI=1S/C18H28N2/c1-14-9-15(2)11-16(10-14)12-20(18-6-7-18)13-17-5-3-4-8-19-17/h9-11,17-19H,3-8,12-13H2,1-2H3. The second kappa shape index (κ2) is 6.28. The van der Waals surface area contributed by atoms with Gasteiger partial charge in [0.1, 0.15) is 0 Å². The molecule has 1 aliphatic heterocycles. The Bertz CT molecular complexity index is 424. The highest BCUT2D eigenvalue weighted by molar-refractivity contribution is 5.28. The van der Waals surface area contributed by atoms with Gasteiger partial charge in [0, 0.05) is 25.2 Å². The minimum Gasteiger partial charge on any atom is -0.313 e. The van der Waals surface area contributed by atoms with Crippen LogP contribution in [0, 0.1) is 13.8 Å². The molecular weight excluding hydrogens is 244 g/mol. The quantitative estimate of drug-likeness (QED) is 0.883. The third kappa shape index (κ3) is 3.83. The van der Waals surface area contributed by atoms with Gasteiger partial charge >= 0.3 is 0 Å². The maximum atomic E-state index is 3.70. The zero-order valence-electron chi connectivity index (χ0n) is 13.0. The summed E-state index contributed by atoms with van der Waals surface area (Å²) in [5.74, 6) is 0. The average Bonchev–Trinajstić information content (AvgIpc) is 3.22. The lowest BCUT2D eigenvalue weighted by Gasteiger charge is -2.31. The summed E-state index contributed by atoms with van der Waals surface area (Å²) in [6.07, 6.45) is 6.92. The van der Waals surface area contributed by atoms with E-state index in [1.54, 1.807) is 0 Å². The van der Waals surface area contributed by atoms with E-state index in [0.717, 1.165) is 18.6 Å². The lowest BCUT2D eigenvalue weighted by molar-refractivity contribution is 0.208. The smallest absolute Gasteiger partial charge is 0.0237 e. The average molecular weight is 272 g/mol. The van der Waals surface area contributed by atoms with Gasteiger partial charge in [-0.2, -0.15) is 0 Å². The predicted molar refractivity (Wildman–Crippen MR) is 85.0 cm³/mol. The Morgan fingerprint density at radius 3 is 2.40 bits per heavy atom. The van der Waals surface area contributed by atoms with Crippen LogP contribution in [0.3, 0.4) is 0 Å². The van der Waals surface area contributed by atoms with Gasteiger partial charge in [0.2, 0.25) is 0 Å². The van der Waals surface area contributed by atoms with E-state index in [1.807, 2.05) is 0 Å². The summed E-state index contributed by atoms with van der Waals surface area (Å²) in [7, 11) is 0. The minimum absolute atomic E-state index is 0.718. The third-order valence-corrected chi connectivity index (χ3v) is 4.60. The fourth-order valence-corrected chi connectivity index (χ4v) is 3.54. The molecule has 1 saturated carbocycles. The van der Waals surface area contributed by atoms with Crippen LogP contribution in [0.5, 0.6) is 0 Å². The molecule has 2 heteroatoms. The molecule has 3 rings (SSSR count). The molecule has 0 spiro atoms. The van der Waals surface area contributed by atoms with Crippen molar-refractivity contribution in [3.8, 4) is 0 Å². The van der Waals surface area contributed by atoms with E-state index in [4.69, 9.17) is 0 Å². The Morgan fingerprint density at radius 1 is 1.05 bits per heavy atom. The first-order chi connectivity index (χ1) is 9.70. The monoisotopic (exact) mass is 272 g/mol. The Kier molecular flexibility index (Phi) is 4.42. The summed E-state index contributed by atoms with van der Waals surface area (Å²) in [6.45, 7) is 8.00. The van der Waals surface area contributed by atoms with Gasteiger partial charge in [-0.15, -0.1) is 0 Å². The van der Waals surface area contributed by atoms with E-state index in [9.17, 15) is 0 Å². The van der Waals surface area contributed by atoms with Crippen molar-refractivity contribution in [3.05, 3.63) is 34.9 Å². The number of benzene rings is 1. The number of piperidine rings is 1. The van der Waals surface area contributed by atoms with Crippen molar-refractivity contribution in [2.24, 2.45) is 0 Å². The van der Waals surface area contributed by atoms with Gasteiger partial charge in [-0.3, -0.25) is 4.90 Å². The van der Waals surface area contributed by atoms with Crippen molar-refractivity contribution in [1.29, 1.82) is 0 Å². The molecule has 0 radical (unpaired) electrons. The highest BCUT2D eigenvalue weighted by atomic mass is 15.2. The van der Waals surface area contributed by atoms with E-state index in [0.29, 0.717) is 0 Å². The first-order valence-corrected chi connectivity index (χ1v) is 8.25. The molecule has 2 nitrogen and oxygen atoms in total. The van der Waals surface area contributed by atoms with Crippen molar-refractivity contribution in [2.75, 3.05) is 13.1 Å². The number of rotatable bonds is 5. The van der Waals surface area contributed by atoms with Crippen LogP contribution < -0.4 is 5.32 Å². The normalized spacial score (nSPS) is 23.2. The van der Waals surface area contributed by atoms with Crippen LogP contribution in [0.2, 0.25) is 0 Å². The number of nitrogens with zero attached hydrogens (tertiary/aromatic N) is 1. The summed E-state index contributed by atoms with van der Waals surface area (Å²) in [4.78, 5) is 2.72. The molecule has 1 heterocycles. The SMILES string of the molecule is Cc1cc(C)cc(CN(CC2CCCCN2)C2CC2)c1. The molecule has 1 aromatic rings. The zero-order chi connectivity index (χ0) is 13.9. The van der Waals surface area contributed by atoms with Gasteiger partial charge in [-0.1, -0.05) is 35.7 Å². The molecule has 0 aromatic heterocycles. The Morgan fingerprint density at radius 2 is 1.80 bits per heavy atom. The molecule has 1 aliphatic carbocycles. The van der Waals surface area contributed by atoms with E-state index in [2.05, 4.69) is 42.3 Å². The number of nitrogens with one attached hydrogen (secondary N) is 1. The van der Waals surface area contributed by atoms with Crippen LogP contribution in [-0.4, -0.2) is 30.1 Å². The van der Waals surface area contributed by atoms with Crippen molar-refractivity contribution < 1.29 is 0 Å². The molecular formula is C18H28N2. The van der Waals surface area contributed by atoms with Gasteiger partial charge in [0.25, 0.3) is 0 Å². The highest BCUT2D eigenvalue weighted by Crippen LogP contribution is 2.29. The molecule has 1 atom stereocenters. The van der Waals surface area contributed by atoms with Crippen molar-refractivity contribution >= 4 is 0 Å². The first kappa shape index (κ1) is 14.1. The van der Waals surface area contributed by atoms with E-state index < -0.39 is 0 Å². The lowest BCUT2D eigenvalue weighted by Crippen LogP contribution is -2.44. The summed E-state index contributed by atoms with van der Waals surface area (Å²) < 4.78 is 0. The molecule has 2 fully saturated rings. The minimum atomic E-state index is 0.718. The van der Waals surface area contributed by atoms with Gasteiger partial charge in [0.15, 0.2) is 0 Å². The Labute approximate surface area is 123 Å². The van der Waals surface area contributed by atoms with Crippen LogP contribution in [0.25, 0.3) is 0 Å².